The average molecular weight is 479 g/mol. The molecule has 1 atom stereocenters. The van der Waals surface area contributed by atoms with Gasteiger partial charge in [0, 0.05) is 17.6 Å². The Morgan fingerprint density at radius 3 is 2.67 bits per heavy atom. The lowest BCUT2D eigenvalue weighted by atomic mass is 10.2. The molecule has 0 unspecified atom stereocenters. The second kappa shape index (κ2) is 9.68. The lowest BCUT2D eigenvalue weighted by molar-refractivity contribution is -0.127. The van der Waals surface area contributed by atoms with Gasteiger partial charge in [-0.05, 0) is 35.7 Å². The highest BCUT2D eigenvalue weighted by Crippen LogP contribution is 2.36. The Labute approximate surface area is 200 Å². The lowest BCUT2D eigenvalue weighted by Gasteiger charge is -2.26. The molecule has 7 nitrogen and oxygen atoms in total. The molecule has 9 heteroatoms. The summed E-state index contributed by atoms with van der Waals surface area (Å²) < 4.78 is 14.0. The highest BCUT2D eigenvalue weighted by atomic mass is 32.2. The molecule has 0 bridgehead atoms. The molecule has 5 rings (SSSR count). The number of thioether (sulfide) groups is 1. The van der Waals surface area contributed by atoms with Gasteiger partial charge in [0.1, 0.15) is 6.61 Å². The smallest absolute Gasteiger partial charge is 0.233 e. The summed E-state index contributed by atoms with van der Waals surface area (Å²) in [5, 5.41) is 11.5. The van der Waals surface area contributed by atoms with Crippen LogP contribution in [0.4, 0.5) is 0 Å². The van der Waals surface area contributed by atoms with Gasteiger partial charge in [0.2, 0.25) is 5.91 Å². The van der Waals surface area contributed by atoms with Gasteiger partial charge in [-0.2, -0.15) is 0 Å². The molecule has 1 aliphatic heterocycles. The Bertz CT molecular complexity index is 1230. The van der Waals surface area contributed by atoms with Crippen molar-refractivity contribution in [2.45, 2.75) is 17.8 Å². The van der Waals surface area contributed by atoms with Gasteiger partial charge in [0.25, 0.3) is 0 Å². The van der Waals surface area contributed by atoms with Crippen LogP contribution in [0.25, 0.3) is 5.69 Å². The first-order chi connectivity index (χ1) is 16.2. The molecule has 168 valence electrons. The summed E-state index contributed by atoms with van der Waals surface area (Å²) in [4.78, 5) is 15.6. The Hall–Kier alpha value is -3.30. The fourth-order valence-corrected chi connectivity index (χ4v) is 5.17. The summed E-state index contributed by atoms with van der Waals surface area (Å²) in [6.07, 6.45) is -0.417. The van der Waals surface area contributed by atoms with E-state index in [-0.39, 0.29) is 11.7 Å². The zero-order chi connectivity index (χ0) is 22.6. The number of rotatable bonds is 7. The van der Waals surface area contributed by atoms with Crippen LogP contribution in [0.5, 0.6) is 11.5 Å². The van der Waals surface area contributed by atoms with E-state index < -0.39 is 6.10 Å². The summed E-state index contributed by atoms with van der Waals surface area (Å²) in [6, 6.07) is 21.5. The Morgan fingerprint density at radius 2 is 1.88 bits per heavy atom. The van der Waals surface area contributed by atoms with Crippen molar-refractivity contribution in [3.63, 3.8) is 0 Å². The minimum absolute atomic E-state index is 0.0312. The molecule has 0 aliphatic carbocycles. The van der Waals surface area contributed by atoms with Crippen molar-refractivity contribution in [3.05, 3.63) is 82.8 Å². The van der Waals surface area contributed by atoms with E-state index >= 15 is 0 Å². The van der Waals surface area contributed by atoms with Crippen LogP contribution in [0, 0.1) is 0 Å². The van der Waals surface area contributed by atoms with E-state index in [1.54, 1.807) is 16.2 Å². The largest absolute Gasteiger partial charge is 0.485 e. The van der Waals surface area contributed by atoms with Crippen LogP contribution in [-0.2, 0) is 11.3 Å². The number of hydrogen-bond donors (Lipinski definition) is 0. The van der Waals surface area contributed by atoms with Gasteiger partial charge >= 0.3 is 0 Å². The third-order valence-electron chi connectivity index (χ3n) is 5.19. The van der Waals surface area contributed by atoms with Gasteiger partial charge < -0.3 is 14.4 Å². The molecule has 0 saturated carbocycles. The van der Waals surface area contributed by atoms with Crippen LogP contribution < -0.4 is 9.47 Å². The number of aromatic nitrogens is 3. The van der Waals surface area contributed by atoms with E-state index in [4.69, 9.17) is 9.47 Å². The summed E-state index contributed by atoms with van der Waals surface area (Å²) in [7, 11) is 1.82. The third kappa shape index (κ3) is 4.74. The number of amides is 1. The average Bonchev–Trinajstić information content (AvgIpc) is 3.52. The first kappa shape index (κ1) is 21.5. The number of carbonyl (C=O) groups excluding carboxylic acids is 1. The normalized spacial score (nSPS) is 14.8. The molecular formula is C24H22N4O3S2. The van der Waals surface area contributed by atoms with Crippen LogP contribution in [0.15, 0.2) is 77.3 Å². The first-order valence-electron chi connectivity index (χ1n) is 10.5. The fraction of sp³-hybridized carbons (Fsp3) is 0.208. The maximum Gasteiger partial charge on any atom is 0.233 e. The second-order valence-electron chi connectivity index (χ2n) is 7.49. The highest BCUT2D eigenvalue weighted by Gasteiger charge is 2.29. The van der Waals surface area contributed by atoms with Crippen molar-refractivity contribution in [1.29, 1.82) is 0 Å². The number of nitrogens with zero attached hydrogens (tertiary/aromatic N) is 4. The van der Waals surface area contributed by atoms with Crippen molar-refractivity contribution in [2.75, 3.05) is 19.4 Å². The van der Waals surface area contributed by atoms with Crippen LogP contribution >= 0.6 is 23.1 Å². The number of ether oxygens (including phenoxy) is 2. The number of para-hydroxylation sites is 3. The summed E-state index contributed by atoms with van der Waals surface area (Å²) in [5.74, 6) is 2.32. The van der Waals surface area contributed by atoms with Crippen molar-refractivity contribution >= 4 is 29.0 Å². The van der Waals surface area contributed by atoms with E-state index in [9.17, 15) is 4.79 Å². The molecule has 2 aromatic heterocycles. The highest BCUT2D eigenvalue weighted by molar-refractivity contribution is 7.99. The van der Waals surface area contributed by atoms with Crippen molar-refractivity contribution in [3.8, 4) is 17.2 Å². The molecule has 4 aromatic rings. The molecule has 0 fully saturated rings. The Morgan fingerprint density at radius 1 is 1.09 bits per heavy atom. The monoisotopic (exact) mass is 478 g/mol. The van der Waals surface area contributed by atoms with Gasteiger partial charge in [-0.3, -0.25) is 9.36 Å². The minimum Gasteiger partial charge on any atom is -0.485 e. The standard InChI is InChI=1S/C24H22N4O3S2/c1-27(14-18-10-7-13-32-18)22(29)16-33-24-26-25-23(28(24)17-8-3-2-4-9-17)21-15-30-19-11-5-6-12-20(19)31-21/h2-13,21H,14-16H2,1H3/t21-/m0/s1. The second-order valence-corrected chi connectivity index (χ2v) is 9.47. The Balaban J connectivity index is 1.37. The van der Waals surface area contributed by atoms with Crippen LogP contribution in [0.3, 0.4) is 0 Å². The molecule has 1 amide bonds. The number of benzene rings is 2. The maximum absolute atomic E-state index is 12.7. The maximum atomic E-state index is 12.7. The van der Waals surface area contributed by atoms with Gasteiger partial charge in [-0.1, -0.05) is 48.2 Å². The number of carbonyl (C=O) groups is 1. The lowest BCUT2D eigenvalue weighted by Crippen LogP contribution is -2.27. The molecule has 2 aromatic carbocycles. The quantitative estimate of drug-likeness (QED) is 0.362. The van der Waals surface area contributed by atoms with Gasteiger partial charge in [-0.15, -0.1) is 21.5 Å². The first-order valence-corrected chi connectivity index (χ1v) is 12.3. The summed E-state index contributed by atoms with van der Waals surface area (Å²) in [6.45, 7) is 0.926. The molecular weight excluding hydrogens is 456 g/mol. The van der Waals surface area contributed by atoms with Crippen molar-refractivity contribution in [1.82, 2.24) is 19.7 Å². The molecule has 0 spiro atoms. The molecule has 0 N–H and O–H groups in total. The zero-order valence-corrected chi connectivity index (χ0v) is 19.6. The predicted molar refractivity (Wildman–Crippen MR) is 128 cm³/mol. The van der Waals surface area contributed by atoms with E-state index in [1.807, 2.05) is 83.7 Å². The number of hydrogen-bond acceptors (Lipinski definition) is 7. The third-order valence-corrected chi connectivity index (χ3v) is 6.97. The zero-order valence-electron chi connectivity index (χ0n) is 18.0. The van der Waals surface area contributed by atoms with E-state index in [0.717, 1.165) is 10.6 Å². The molecule has 3 heterocycles. The Kier molecular flexibility index (Phi) is 6.32. The van der Waals surface area contributed by atoms with E-state index in [2.05, 4.69) is 10.2 Å². The van der Waals surface area contributed by atoms with Gasteiger partial charge in [-0.25, -0.2) is 0 Å². The van der Waals surface area contributed by atoms with Crippen molar-refractivity contribution in [2.24, 2.45) is 0 Å². The molecule has 1 aliphatic rings. The van der Waals surface area contributed by atoms with Crippen LogP contribution in [0.1, 0.15) is 16.8 Å². The minimum atomic E-state index is -0.417. The number of thiophene rings is 1. The number of fused-ring (bicyclic) bond motifs is 1. The van der Waals surface area contributed by atoms with Crippen molar-refractivity contribution < 1.29 is 14.3 Å². The topological polar surface area (TPSA) is 69.5 Å². The fourth-order valence-electron chi connectivity index (χ4n) is 3.51. The summed E-state index contributed by atoms with van der Waals surface area (Å²) >= 11 is 3.01. The van der Waals surface area contributed by atoms with E-state index in [1.165, 1.54) is 11.8 Å². The molecule has 0 radical (unpaired) electrons. The van der Waals surface area contributed by atoms with Crippen LogP contribution in [-0.4, -0.2) is 45.0 Å². The molecule has 0 saturated heterocycles. The summed E-state index contributed by atoms with van der Waals surface area (Å²) in [5.41, 5.74) is 0.904. The SMILES string of the molecule is CN(Cc1cccs1)C(=O)CSc1nnc([C@@H]2COc3ccccc3O2)n1-c1ccccc1. The van der Waals surface area contributed by atoms with Gasteiger partial charge in [0.05, 0.1) is 12.3 Å². The predicted octanol–water partition coefficient (Wildman–Crippen LogP) is 4.59. The van der Waals surface area contributed by atoms with Crippen LogP contribution in [0.2, 0.25) is 0 Å². The van der Waals surface area contributed by atoms with E-state index in [0.29, 0.717) is 35.6 Å². The molecule has 33 heavy (non-hydrogen) atoms. The van der Waals surface area contributed by atoms with Gasteiger partial charge in [0.15, 0.2) is 28.6 Å².